The number of amides is 4. The molecule has 0 radical (unpaired) electrons. The van der Waals surface area contributed by atoms with Gasteiger partial charge >= 0.3 is 17.8 Å². The third-order valence-corrected chi connectivity index (χ3v) is 4.47. The van der Waals surface area contributed by atoms with Crippen molar-refractivity contribution in [1.29, 1.82) is 0 Å². The van der Waals surface area contributed by atoms with Crippen molar-refractivity contribution in [1.82, 2.24) is 15.1 Å². The molecule has 2 heterocycles. The van der Waals surface area contributed by atoms with Crippen molar-refractivity contribution in [3.63, 3.8) is 0 Å². The number of thiophene rings is 1. The Morgan fingerprint density at radius 3 is 2.77 bits per heavy atom. The van der Waals surface area contributed by atoms with Gasteiger partial charge in [-0.3, -0.25) is 14.5 Å². The Kier molecular flexibility index (Phi) is 4.92. The summed E-state index contributed by atoms with van der Waals surface area (Å²) in [5, 5.41) is 4.27. The van der Waals surface area contributed by atoms with E-state index in [2.05, 4.69) is 5.32 Å². The van der Waals surface area contributed by atoms with Gasteiger partial charge in [-0.1, -0.05) is 6.07 Å². The number of carbonyl (C=O) groups excluding carboxylic acids is 4. The van der Waals surface area contributed by atoms with Crippen LogP contribution < -0.4 is 5.32 Å². The molecule has 0 aliphatic carbocycles. The minimum atomic E-state index is -0.867. The van der Waals surface area contributed by atoms with Crippen LogP contribution in [-0.4, -0.2) is 53.1 Å². The second-order valence-corrected chi connectivity index (χ2v) is 5.91. The smallest absolute Gasteiger partial charge is 0.325 e. The van der Waals surface area contributed by atoms with Crippen molar-refractivity contribution in [2.24, 2.45) is 0 Å². The molecular formula is C14H17N3O4S. The Bertz CT molecular complexity index is 587. The Balaban J connectivity index is 2.11. The molecule has 8 heteroatoms. The number of nitrogens with zero attached hydrogens (tertiary/aromatic N) is 2. The van der Waals surface area contributed by atoms with E-state index in [0.717, 1.165) is 4.90 Å². The average Bonchev–Trinajstić information content (AvgIpc) is 3.03. The molecule has 1 aromatic rings. The molecule has 7 nitrogen and oxygen atoms in total. The fourth-order valence-corrected chi connectivity index (χ4v) is 3.10. The first-order valence-electron chi connectivity index (χ1n) is 6.91. The highest BCUT2D eigenvalue weighted by atomic mass is 32.1. The molecular weight excluding hydrogens is 306 g/mol. The van der Waals surface area contributed by atoms with Crippen LogP contribution in [0.3, 0.4) is 0 Å². The molecule has 1 N–H and O–H groups in total. The third-order valence-electron chi connectivity index (χ3n) is 3.52. The number of piperazine rings is 1. The Morgan fingerprint density at radius 1 is 1.50 bits per heavy atom. The molecule has 1 aliphatic rings. The van der Waals surface area contributed by atoms with E-state index < -0.39 is 23.9 Å². The number of hydrogen-bond donors (Lipinski definition) is 1. The lowest BCUT2D eigenvalue weighted by atomic mass is 10.2. The van der Waals surface area contributed by atoms with Gasteiger partial charge in [-0.25, -0.2) is 4.79 Å². The molecule has 118 valence electrons. The molecule has 0 aromatic carbocycles. The second kappa shape index (κ2) is 6.69. The van der Waals surface area contributed by atoms with Crippen LogP contribution in [0.4, 0.5) is 4.79 Å². The van der Waals surface area contributed by atoms with Gasteiger partial charge in [0, 0.05) is 17.5 Å². The monoisotopic (exact) mass is 323 g/mol. The van der Waals surface area contributed by atoms with Crippen LogP contribution in [0, 0.1) is 0 Å². The number of imide groups is 1. The summed E-state index contributed by atoms with van der Waals surface area (Å²) in [5.41, 5.74) is 0. The number of aldehydes is 1. The largest absolute Gasteiger partial charge is 0.330 e. The Morgan fingerprint density at radius 2 is 2.23 bits per heavy atom. The first kappa shape index (κ1) is 16.2. The average molecular weight is 323 g/mol. The topological polar surface area (TPSA) is 86.8 Å². The predicted octanol–water partition coefficient (Wildman–Crippen LogP) is 0.777. The van der Waals surface area contributed by atoms with Gasteiger partial charge in [0.05, 0.1) is 6.54 Å². The van der Waals surface area contributed by atoms with Crippen LogP contribution in [0.5, 0.6) is 0 Å². The maximum atomic E-state index is 12.2. The molecule has 1 aromatic heterocycles. The predicted molar refractivity (Wildman–Crippen MR) is 80.2 cm³/mol. The minimum Gasteiger partial charge on any atom is -0.330 e. The summed E-state index contributed by atoms with van der Waals surface area (Å²) in [6, 6.07) is 1.67. The fourth-order valence-electron chi connectivity index (χ4n) is 2.37. The van der Waals surface area contributed by atoms with Gasteiger partial charge in [-0.05, 0) is 25.3 Å². The van der Waals surface area contributed by atoms with Crippen LogP contribution in [0.15, 0.2) is 17.5 Å². The quantitative estimate of drug-likeness (QED) is 0.655. The summed E-state index contributed by atoms with van der Waals surface area (Å²) < 4.78 is 0. The number of hydrogen-bond acceptors (Lipinski definition) is 5. The van der Waals surface area contributed by atoms with Crippen molar-refractivity contribution in [2.75, 3.05) is 13.1 Å². The summed E-state index contributed by atoms with van der Waals surface area (Å²) >= 11 is 1.33. The molecule has 2 atom stereocenters. The maximum Gasteiger partial charge on any atom is 0.325 e. The zero-order chi connectivity index (χ0) is 16.3. The standard InChI is InChI=1S/C14H17N3O4S/c1-3-16-9(2)7-17(13(20)12(16)19)14(21)15-10(8-18)11-5-4-6-22-11/h4-6,8-10H,3,7H2,1-2H3,(H,15,21)/t9-,10?/m1/s1. The zero-order valence-corrected chi connectivity index (χ0v) is 13.1. The number of urea groups is 1. The van der Waals surface area contributed by atoms with Crippen LogP contribution in [-0.2, 0) is 14.4 Å². The number of carbonyl (C=O) groups is 4. The van der Waals surface area contributed by atoms with E-state index in [4.69, 9.17) is 0 Å². The van der Waals surface area contributed by atoms with Gasteiger partial charge in [0.25, 0.3) is 0 Å². The maximum absolute atomic E-state index is 12.2. The van der Waals surface area contributed by atoms with E-state index in [1.807, 2.05) is 0 Å². The summed E-state index contributed by atoms with van der Waals surface area (Å²) in [6.07, 6.45) is 0.599. The molecule has 1 unspecified atom stereocenters. The fraction of sp³-hybridized carbons (Fsp3) is 0.429. The molecule has 0 saturated carbocycles. The lowest BCUT2D eigenvalue weighted by molar-refractivity contribution is -0.156. The first-order valence-corrected chi connectivity index (χ1v) is 7.79. The summed E-state index contributed by atoms with van der Waals surface area (Å²) in [4.78, 5) is 50.3. The molecule has 1 saturated heterocycles. The van der Waals surface area contributed by atoms with E-state index in [9.17, 15) is 19.2 Å². The molecule has 2 rings (SSSR count). The highest BCUT2D eigenvalue weighted by Crippen LogP contribution is 2.18. The summed E-state index contributed by atoms with van der Waals surface area (Å²) in [7, 11) is 0. The highest BCUT2D eigenvalue weighted by molar-refractivity contribution is 7.10. The minimum absolute atomic E-state index is 0.111. The van der Waals surface area contributed by atoms with Crippen LogP contribution in [0.1, 0.15) is 24.8 Å². The molecule has 1 fully saturated rings. The van der Waals surface area contributed by atoms with E-state index in [1.165, 1.54) is 16.2 Å². The van der Waals surface area contributed by atoms with E-state index >= 15 is 0 Å². The van der Waals surface area contributed by atoms with Gasteiger partial charge < -0.3 is 15.0 Å². The van der Waals surface area contributed by atoms with Crippen LogP contribution >= 0.6 is 11.3 Å². The highest BCUT2D eigenvalue weighted by Gasteiger charge is 2.39. The van der Waals surface area contributed by atoms with E-state index in [1.54, 1.807) is 31.4 Å². The third kappa shape index (κ3) is 3.01. The number of rotatable bonds is 4. The van der Waals surface area contributed by atoms with Crippen molar-refractivity contribution in [2.45, 2.75) is 25.9 Å². The molecule has 1 aliphatic heterocycles. The van der Waals surface area contributed by atoms with Crippen molar-refractivity contribution in [3.8, 4) is 0 Å². The Hall–Kier alpha value is -2.22. The van der Waals surface area contributed by atoms with Gasteiger partial charge in [0.15, 0.2) is 0 Å². The zero-order valence-electron chi connectivity index (χ0n) is 12.3. The lowest BCUT2D eigenvalue weighted by Gasteiger charge is -2.37. The first-order chi connectivity index (χ1) is 10.5. The van der Waals surface area contributed by atoms with Gasteiger partial charge in [0.2, 0.25) is 0 Å². The van der Waals surface area contributed by atoms with Gasteiger partial charge in [-0.15, -0.1) is 11.3 Å². The lowest BCUT2D eigenvalue weighted by Crippen LogP contribution is -2.61. The van der Waals surface area contributed by atoms with Gasteiger partial charge in [-0.2, -0.15) is 0 Å². The molecule has 22 heavy (non-hydrogen) atoms. The summed E-state index contributed by atoms with van der Waals surface area (Å²) in [6.45, 7) is 4.06. The van der Waals surface area contributed by atoms with Crippen molar-refractivity contribution < 1.29 is 19.2 Å². The number of nitrogens with one attached hydrogen (secondary N) is 1. The molecule has 0 spiro atoms. The SMILES string of the molecule is CCN1C(=O)C(=O)N(C(=O)NC(C=O)c2cccs2)C[C@H]1C. The van der Waals surface area contributed by atoms with Crippen LogP contribution in [0.2, 0.25) is 0 Å². The molecule has 4 amide bonds. The van der Waals surface area contributed by atoms with Crippen molar-refractivity contribution in [3.05, 3.63) is 22.4 Å². The number of likely N-dealkylation sites (N-methyl/N-ethyl adjacent to an activating group) is 1. The van der Waals surface area contributed by atoms with Gasteiger partial charge in [0.1, 0.15) is 12.3 Å². The normalized spacial score (nSPS) is 20.0. The Labute approximate surface area is 131 Å². The van der Waals surface area contributed by atoms with E-state index in [-0.39, 0.29) is 12.6 Å². The molecule has 0 bridgehead atoms. The van der Waals surface area contributed by atoms with Crippen LogP contribution in [0.25, 0.3) is 0 Å². The van der Waals surface area contributed by atoms with E-state index in [0.29, 0.717) is 17.7 Å². The van der Waals surface area contributed by atoms with Crippen molar-refractivity contribution >= 4 is 35.5 Å². The second-order valence-electron chi connectivity index (χ2n) is 4.93. The summed E-state index contributed by atoms with van der Waals surface area (Å²) in [5.74, 6) is -1.57.